The number of benzene rings is 1. The van der Waals surface area contributed by atoms with Crippen molar-refractivity contribution in [3.8, 4) is 0 Å². The first kappa shape index (κ1) is 21.2. The Labute approximate surface area is 159 Å². The first-order chi connectivity index (χ1) is 11.9. The molecule has 0 N–H and O–H groups in total. The van der Waals surface area contributed by atoms with Crippen LogP contribution >= 0.6 is 0 Å². The van der Waals surface area contributed by atoms with Crippen LogP contribution in [0.5, 0.6) is 0 Å². The molecule has 1 heterocycles. The lowest BCUT2D eigenvalue weighted by molar-refractivity contribution is -0.141. The van der Waals surface area contributed by atoms with Crippen molar-refractivity contribution >= 4 is 26.3 Å². The summed E-state index contributed by atoms with van der Waals surface area (Å²) in [7, 11) is -1.95. The molecular formula is C20H33BO4Si. The van der Waals surface area contributed by atoms with Crippen LogP contribution in [0.25, 0.3) is 0 Å². The lowest BCUT2D eigenvalue weighted by Crippen LogP contribution is -2.44. The van der Waals surface area contributed by atoms with Crippen molar-refractivity contribution < 1.29 is 18.8 Å². The topological polar surface area (TPSA) is 44.8 Å². The predicted molar refractivity (Wildman–Crippen MR) is 109 cm³/mol. The highest BCUT2D eigenvalue weighted by atomic mass is 28.3. The van der Waals surface area contributed by atoms with Gasteiger partial charge >= 0.3 is 13.1 Å². The summed E-state index contributed by atoms with van der Waals surface area (Å²) in [5, 5.41) is 1.43. The van der Waals surface area contributed by atoms with Crippen molar-refractivity contribution in [2.24, 2.45) is 0 Å². The Morgan fingerprint density at radius 3 is 2.15 bits per heavy atom. The molecule has 26 heavy (non-hydrogen) atoms. The van der Waals surface area contributed by atoms with Gasteiger partial charge in [0.25, 0.3) is 0 Å². The van der Waals surface area contributed by atoms with Gasteiger partial charge in [-0.25, -0.2) is 0 Å². The van der Waals surface area contributed by atoms with Crippen LogP contribution in [0.3, 0.4) is 0 Å². The van der Waals surface area contributed by atoms with Gasteiger partial charge in [-0.05, 0) is 39.9 Å². The van der Waals surface area contributed by atoms with E-state index >= 15 is 0 Å². The fourth-order valence-corrected chi connectivity index (χ4v) is 6.47. The van der Waals surface area contributed by atoms with E-state index in [1.54, 1.807) is 0 Å². The fourth-order valence-electron chi connectivity index (χ4n) is 3.43. The third-order valence-corrected chi connectivity index (χ3v) is 9.22. The molecule has 2 rings (SSSR count). The lowest BCUT2D eigenvalue weighted by atomic mass is 9.71. The molecule has 0 amide bonds. The fraction of sp³-hybridized carbons (Fsp3) is 0.650. The summed E-state index contributed by atoms with van der Waals surface area (Å²) in [6, 6.07) is 11.7. The van der Waals surface area contributed by atoms with Gasteiger partial charge in [-0.2, -0.15) is 0 Å². The molecule has 1 aromatic rings. The monoisotopic (exact) mass is 376 g/mol. The van der Waals surface area contributed by atoms with Crippen LogP contribution in [-0.2, 0) is 18.8 Å². The Morgan fingerprint density at radius 1 is 1.12 bits per heavy atom. The van der Waals surface area contributed by atoms with Crippen molar-refractivity contribution in [1.82, 2.24) is 0 Å². The van der Waals surface area contributed by atoms with Crippen LogP contribution in [0.15, 0.2) is 30.3 Å². The Morgan fingerprint density at radius 2 is 1.65 bits per heavy atom. The molecule has 144 valence electrons. The predicted octanol–water partition coefficient (Wildman–Crippen LogP) is 4.02. The minimum atomic E-state index is -1.68. The van der Waals surface area contributed by atoms with Gasteiger partial charge < -0.3 is 14.0 Å². The molecule has 1 aliphatic heterocycles. The summed E-state index contributed by atoms with van der Waals surface area (Å²) in [6.45, 7) is 14.9. The zero-order chi connectivity index (χ0) is 19.6. The van der Waals surface area contributed by atoms with Crippen LogP contribution < -0.4 is 5.19 Å². The zero-order valence-corrected chi connectivity index (χ0v) is 18.3. The molecule has 1 aromatic carbocycles. The molecule has 1 unspecified atom stereocenters. The molecule has 0 radical (unpaired) electrons. The van der Waals surface area contributed by atoms with Gasteiger partial charge in [0.1, 0.15) is 0 Å². The van der Waals surface area contributed by atoms with E-state index in [-0.39, 0.29) is 30.1 Å². The first-order valence-electron chi connectivity index (χ1n) is 9.49. The van der Waals surface area contributed by atoms with E-state index in [1.807, 2.05) is 0 Å². The van der Waals surface area contributed by atoms with Crippen LogP contribution in [0.4, 0.5) is 0 Å². The normalized spacial score (nSPS) is 20.0. The Bertz CT molecular complexity index is 599. The Kier molecular flexibility index (Phi) is 6.41. The van der Waals surface area contributed by atoms with E-state index in [4.69, 9.17) is 14.0 Å². The number of hydrogen-bond acceptors (Lipinski definition) is 4. The summed E-state index contributed by atoms with van der Waals surface area (Å²) in [5.41, 5.74) is -0.703. The largest absolute Gasteiger partial charge is 0.466 e. The quantitative estimate of drug-likeness (QED) is 0.533. The van der Waals surface area contributed by atoms with Gasteiger partial charge in [0.05, 0.1) is 25.9 Å². The number of ether oxygens (including phenoxy) is 1. The first-order valence-corrected chi connectivity index (χ1v) is 12.7. The minimum absolute atomic E-state index is 0.192. The molecule has 4 nitrogen and oxygen atoms in total. The van der Waals surface area contributed by atoms with Crippen LogP contribution in [0, 0.1) is 0 Å². The second-order valence-electron chi connectivity index (χ2n) is 8.97. The highest BCUT2D eigenvalue weighted by Gasteiger charge is 2.54. The van der Waals surface area contributed by atoms with Gasteiger partial charge in [0, 0.05) is 6.92 Å². The summed E-state index contributed by atoms with van der Waals surface area (Å²) >= 11 is 0. The van der Waals surface area contributed by atoms with Gasteiger partial charge in [-0.1, -0.05) is 54.7 Å². The number of carbonyl (C=O) groups is 1. The lowest BCUT2D eigenvalue weighted by Gasteiger charge is -2.32. The van der Waals surface area contributed by atoms with Crippen molar-refractivity contribution in [3.05, 3.63) is 30.3 Å². The van der Waals surface area contributed by atoms with Gasteiger partial charge in [0.15, 0.2) is 0 Å². The molecule has 1 atom stereocenters. The van der Waals surface area contributed by atoms with Crippen molar-refractivity contribution in [2.75, 3.05) is 6.61 Å². The van der Waals surface area contributed by atoms with Crippen molar-refractivity contribution in [2.45, 2.75) is 77.2 Å². The highest BCUT2D eigenvalue weighted by Crippen LogP contribution is 2.43. The van der Waals surface area contributed by atoms with Crippen LogP contribution in [0.1, 0.15) is 41.0 Å². The second-order valence-corrected chi connectivity index (χ2v) is 13.7. The van der Waals surface area contributed by atoms with E-state index in [9.17, 15) is 4.79 Å². The highest BCUT2D eigenvalue weighted by molar-refractivity contribution is 6.90. The number of carbonyl (C=O) groups excluding carboxylic acids is 1. The van der Waals surface area contributed by atoms with E-state index in [0.29, 0.717) is 6.61 Å². The minimum Gasteiger partial charge on any atom is -0.466 e. The van der Waals surface area contributed by atoms with Crippen molar-refractivity contribution in [3.63, 3.8) is 0 Å². The SMILES string of the molecule is CC(=O)OCCC(C[Si](C)(C)c1ccccc1)B1OC(C)(C)C(C)(C)O1. The maximum absolute atomic E-state index is 11.2. The third-order valence-electron chi connectivity index (χ3n) is 5.78. The van der Waals surface area contributed by atoms with E-state index in [0.717, 1.165) is 12.5 Å². The standard InChI is InChI=1S/C20H33BO4Si/c1-16(22)23-14-13-17(21-24-19(2,3)20(4,5)25-21)15-26(6,7)18-11-9-8-10-12-18/h8-12,17H,13-15H2,1-7H3. The molecule has 6 heteroatoms. The van der Waals surface area contributed by atoms with E-state index in [1.165, 1.54) is 12.1 Å². The average molecular weight is 376 g/mol. The van der Waals surface area contributed by atoms with Gasteiger partial charge in [-0.3, -0.25) is 4.79 Å². The van der Waals surface area contributed by atoms with E-state index < -0.39 is 8.07 Å². The number of rotatable bonds is 7. The summed E-state index contributed by atoms with van der Waals surface area (Å²) < 4.78 is 17.9. The Balaban J connectivity index is 2.17. The Hall–Kier alpha value is -1.11. The average Bonchev–Trinajstić information content (AvgIpc) is 2.75. The molecule has 0 bridgehead atoms. The van der Waals surface area contributed by atoms with Gasteiger partial charge in [0.2, 0.25) is 0 Å². The summed E-state index contributed by atoms with van der Waals surface area (Å²) in [6.07, 6.45) is 0.750. The van der Waals surface area contributed by atoms with E-state index in [2.05, 4.69) is 71.1 Å². The molecular weight excluding hydrogens is 343 g/mol. The van der Waals surface area contributed by atoms with Crippen LogP contribution in [-0.4, -0.2) is 39.0 Å². The zero-order valence-electron chi connectivity index (χ0n) is 17.3. The molecule has 1 aliphatic rings. The van der Waals surface area contributed by atoms with Crippen molar-refractivity contribution in [1.29, 1.82) is 0 Å². The second kappa shape index (κ2) is 7.87. The maximum Gasteiger partial charge on any atom is 0.461 e. The maximum atomic E-state index is 11.2. The summed E-state index contributed by atoms with van der Waals surface area (Å²) in [5.74, 6) is -0.0468. The summed E-state index contributed by atoms with van der Waals surface area (Å²) in [4.78, 5) is 11.2. The molecule has 1 saturated heterocycles. The van der Waals surface area contributed by atoms with Gasteiger partial charge in [-0.15, -0.1) is 0 Å². The molecule has 1 fully saturated rings. The van der Waals surface area contributed by atoms with Crippen LogP contribution in [0.2, 0.25) is 25.0 Å². The number of hydrogen-bond donors (Lipinski definition) is 0. The molecule has 0 spiro atoms. The third kappa shape index (κ3) is 4.99. The molecule has 0 aliphatic carbocycles. The molecule has 0 aromatic heterocycles. The number of esters is 1. The smallest absolute Gasteiger partial charge is 0.461 e. The molecule has 0 saturated carbocycles.